The van der Waals surface area contributed by atoms with Gasteiger partial charge in [-0.1, -0.05) is 12.1 Å². The van der Waals surface area contributed by atoms with Crippen molar-refractivity contribution in [1.82, 2.24) is 14.9 Å². The molecule has 2 N–H and O–H groups in total. The van der Waals surface area contributed by atoms with Gasteiger partial charge >= 0.3 is 0 Å². The minimum absolute atomic E-state index is 0.816. The number of aryl methyl sites for hydroxylation is 1. The summed E-state index contributed by atoms with van der Waals surface area (Å²) >= 11 is 0. The number of benzene rings is 1. The highest BCUT2D eigenvalue weighted by Gasteiger charge is 2.13. The summed E-state index contributed by atoms with van der Waals surface area (Å²) in [5.74, 6) is 1.79. The van der Waals surface area contributed by atoms with Gasteiger partial charge in [-0.3, -0.25) is 0 Å². The maximum atomic E-state index is 4.63. The molecule has 4 nitrogen and oxygen atoms in total. The average Bonchev–Trinajstić information content (AvgIpc) is 2.78. The van der Waals surface area contributed by atoms with Crippen LogP contribution in [0.4, 0.5) is 5.95 Å². The van der Waals surface area contributed by atoms with Gasteiger partial charge in [-0.2, -0.15) is 0 Å². The molecule has 19 heavy (non-hydrogen) atoms. The molecule has 1 aromatic heterocycles. The molecule has 0 spiro atoms. The lowest BCUT2D eigenvalue weighted by Crippen LogP contribution is -2.30. The summed E-state index contributed by atoms with van der Waals surface area (Å²) in [5.41, 5.74) is 2.25. The van der Waals surface area contributed by atoms with E-state index in [4.69, 9.17) is 0 Å². The Bertz CT molecular complexity index is 540. The minimum Gasteiger partial charge on any atom is -0.356 e. The van der Waals surface area contributed by atoms with Crippen LogP contribution in [-0.4, -0.2) is 29.2 Å². The number of rotatable bonds is 4. The highest BCUT2D eigenvalue weighted by Crippen LogP contribution is 2.18. The summed E-state index contributed by atoms with van der Waals surface area (Å²) < 4.78 is 2.13. The maximum Gasteiger partial charge on any atom is 0.203 e. The summed E-state index contributed by atoms with van der Waals surface area (Å²) in [6.07, 6.45) is 3.89. The molecule has 1 unspecified atom stereocenters. The summed E-state index contributed by atoms with van der Waals surface area (Å²) in [6.45, 7) is 3.36. The Balaban J connectivity index is 1.60. The third kappa shape index (κ3) is 2.73. The van der Waals surface area contributed by atoms with Crippen molar-refractivity contribution in [3.05, 3.63) is 24.3 Å². The number of nitrogens with one attached hydrogen (secondary N) is 2. The zero-order valence-corrected chi connectivity index (χ0v) is 11.5. The van der Waals surface area contributed by atoms with E-state index in [1.54, 1.807) is 0 Å². The number of anilines is 1. The maximum absolute atomic E-state index is 4.63. The van der Waals surface area contributed by atoms with E-state index in [-0.39, 0.29) is 0 Å². The van der Waals surface area contributed by atoms with Crippen LogP contribution in [-0.2, 0) is 7.05 Å². The number of hydrogen-bond acceptors (Lipinski definition) is 3. The fourth-order valence-electron chi connectivity index (χ4n) is 2.86. The van der Waals surface area contributed by atoms with Crippen LogP contribution in [0, 0.1) is 5.92 Å². The molecule has 0 aliphatic carbocycles. The summed E-state index contributed by atoms with van der Waals surface area (Å²) in [7, 11) is 2.07. The molecule has 1 fully saturated rings. The van der Waals surface area contributed by atoms with Gasteiger partial charge < -0.3 is 15.2 Å². The van der Waals surface area contributed by atoms with Crippen LogP contribution in [0.5, 0.6) is 0 Å². The third-order valence-electron chi connectivity index (χ3n) is 4.02. The standard InChI is InChI=1S/C15H22N4/c1-19-14-7-3-2-6-13(14)18-15(19)17-10-8-12-5-4-9-16-11-12/h2-3,6-7,12,16H,4-5,8-11H2,1H3,(H,17,18). The Morgan fingerprint density at radius 2 is 2.32 bits per heavy atom. The van der Waals surface area contributed by atoms with E-state index in [0.29, 0.717) is 0 Å². The fourth-order valence-corrected chi connectivity index (χ4v) is 2.86. The van der Waals surface area contributed by atoms with Gasteiger partial charge in [0, 0.05) is 13.6 Å². The Kier molecular flexibility index (Phi) is 3.69. The average molecular weight is 258 g/mol. The Hall–Kier alpha value is -1.55. The first kappa shape index (κ1) is 12.5. The normalized spacial score (nSPS) is 19.7. The number of para-hydroxylation sites is 2. The highest BCUT2D eigenvalue weighted by atomic mass is 15.2. The minimum atomic E-state index is 0.816. The van der Waals surface area contributed by atoms with Crippen molar-refractivity contribution in [2.24, 2.45) is 13.0 Å². The van der Waals surface area contributed by atoms with Gasteiger partial charge in [-0.25, -0.2) is 4.98 Å². The molecule has 2 heterocycles. The van der Waals surface area contributed by atoms with E-state index in [9.17, 15) is 0 Å². The van der Waals surface area contributed by atoms with Crippen molar-refractivity contribution in [3.63, 3.8) is 0 Å². The highest BCUT2D eigenvalue weighted by molar-refractivity contribution is 5.78. The molecule has 4 heteroatoms. The van der Waals surface area contributed by atoms with Crippen LogP contribution >= 0.6 is 0 Å². The molecule has 2 aromatic rings. The quantitative estimate of drug-likeness (QED) is 0.884. The molecule has 1 aromatic carbocycles. The predicted octanol–water partition coefficient (Wildman–Crippen LogP) is 2.37. The number of imidazole rings is 1. The van der Waals surface area contributed by atoms with Crippen LogP contribution in [0.25, 0.3) is 11.0 Å². The van der Waals surface area contributed by atoms with E-state index >= 15 is 0 Å². The molecule has 0 bridgehead atoms. The number of fused-ring (bicyclic) bond motifs is 1. The fraction of sp³-hybridized carbons (Fsp3) is 0.533. The van der Waals surface area contributed by atoms with E-state index in [1.165, 1.54) is 37.9 Å². The number of hydrogen-bond donors (Lipinski definition) is 2. The molecule has 102 valence electrons. The van der Waals surface area contributed by atoms with Gasteiger partial charge in [-0.15, -0.1) is 0 Å². The lowest BCUT2D eigenvalue weighted by molar-refractivity contribution is 0.364. The van der Waals surface area contributed by atoms with Gasteiger partial charge in [0.1, 0.15) is 0 Å². The zero-order chi connectivity index (χ0) is 13.1. The topological polar surface area (TPSA) is 41.9 Å². The first-order valence-corrected chi connectivity index (χ1v) is 7.20. The Morgan fingerprint density at radius 1 is 1.42 bits per heavy atom. The van der Waals surface area contributed by atoms with Gasteiger partial charge in [0.15, 0.2) is 0 Å². The smallest absolute Gasteiger partial charge is 0.203 e. The summed E-state index contributed by atoms with van der Waals surface area (Å²) in [4.78, 5) is 4.63. The molecule has 0 radical (unpaired) electrons. The molecule has 0 saturated carbocycles. The van der Waals surface area contributed by atoms with Gasteiger partial charge in [0.25, 0.3) is 0 Å². The molecule has 1 atom stereocenters. The molecular formula is C15H22N4. The van der Waals surface area contributed by atoms with Crippen molar-refractivity contribution in [2.75, 3.05) is 25.0 Å². The summed E-state index contributed by atoms with van der Waals surface area (Å²) in [6, 6.07) is 8.26. The van der Waals surface area contributed by atoms with E-state index in [2.05, 4.69) is 45.4 Å². The van der Waals surface area contributed by atoms with Crippen molar-refractivity contribution >= 4 is 17.0 Å². The van der Waals surface area contributed by atoms with Gasteiger partial charge in [0.05, 0.1) is 11.0 Å². The van der Waals surface area contributed by atoms with Crippen molar-refractivity contribution in [3.8, 4) is 0 Å². The largest absolute Gasteiger partial charge is 0.356 e. The predicted molar refractivity (Wildman–Crippen MR) is 79.4 cm³/mol. The second kappa shape index (κ2) is 5.61. The number of aromatic nitrogens is 2. The van der Waals surface area contributed by atoms with Gasteiger partial charge in [0.2, 0.25) is 5.95 Å². The Morgan fingerprint density at radius 3 is 3.11 bits per heavy atom. The zero-order valence-electron chi connectivity index (χ0n) is 11.5. The second-order valence-corrected chi connectivity index (χ2v) is 5.41. The molecule has 1 saturated heterocycles. The number of piperidine rings is 1. The summed E-state index contributed by atoms with van der Waals surface area (Å²) in [5, 5.41) is 6.94. The molecule has 1 aliphatic rings. The van der Waals surface area contributed by atoms with E-state index in [1.807, 2.05) is 6.07 Å². The third-order valence-corrected chi connectivity index (χ3v) is 4.02. The monoisotopic (exact) mass is 258 g/mol. The van der Waals surface area contributed by atoms with Crippen LogP contribution in [0.15, 0.2) is 24.3 Å². The first-order chi connectivity index (χ1) is 9.34. The molecule has 3 rings (SSSR count). The number of nitrogens with zero attached hydrogens (tertiary/aromatic N) is 2. The second-order valence-electron chi connectivity index (χ2n) is 5.41. The lowest BCUT2D eigenvalue weighted by atomic mass is 9.96. The van der Waals surface area contributed by atoms with Crippen molar-refractivity contribution < 1.29 is 0 Å². The van der Waals surface area contributed by atoms with E-state index < -0.39 is 0 Å². The van der Waals surface area contributed by atoms with Gasteiger partial charge in [-0.05, 0) is 50.4 Å². The van der Waals surface area contributed by atoms with E-state index in [0.717, 1.165) is 23.9 Å². The van der Waals surface area contributed by atoms with Crippen LogP contribution in [0.3, 0.4) is 0 Å². The molecule has 1 aliphatic heterocycles. The van der Waals surface area contributed by atoms with Crippen LogP contribution < -0.4 is 10.6 Å². The molecular weight excluding hydrogens is 236 g/mol. The lowest BCUT2D eigenvalue weighted by Gasteiger charge is -2.22. The van der Waals surface area contributed by atoms with Crippen LogP contribution in [0.1, 0.15) is 19.3 Å². The molecule has 0 amide bonds. The SMILES string of the molecule is Cn1c(NCCC2CCCNC2)nc2ccccc21. The van der Waals surface area contributed by atoms with Crippen molar-refractivity contribution in [1.29, 1.82) is 0 Å². The van der Waals surface area contributed by atoms with Crippen LogP contribution in [0.2, 0.25) is 0 Å². The Labute approximate surface area is 114 Å². The van der Waals surface area contributed by atoms with Crippen molar-refractivity contribution in [2.45, 2.75) is 19.3 Å². The first-order valence-electron chi connectivity index (χ1n) is 7.20.